The van der Waals surface area contributed by atoms with Crippen molar-refractivity contribution in [3.8, 4) is 0 Å². The molecule has 1 aromatic heterocycles. The number of H-pyrrole nitrogens is 1. The number of ether oxygens (including phenoxy) is 1. The third-order valence-corrected chi connectivity index (χ3v) is 3.48. The molecule has 110 valence electrons. The highest BCUT2D eigenvalue weighted by atomic mass is 19.1. The molecule has 3 rings (SSSR count). The maximum atomic E-state index is 14.0. The Kier molecular flexibility index (Phi) is 3.68. The number of nitrogens with one attached hydrogen (secondary N) is 1. The highest BCUT2D eigenvalue weighted by Gasteiger charge is 2.33. The Hall–Kier alpha value is -2.24. The molecule has 5 nitrogen and oxygen atoms in total. The van der Waals surface area contributed by atoms with Gasteiger partial charge in [-0.15, -0.1) is 0 Å². The zero-order valence-corrected chi connectivity index (χ0v) is 11.7. The highest BCUT2D eigenvalue weighted by molar-refractivity contribution is 5.81. The number of halogens is 1. The van der Waals surface area contributed by atoms with Gasteiger partial charge in [0.1, 0.15) is 17.6 Å². The number of nitrogens with zero attached hydrogens (tertiary/aromatic N) is 2. The molecule has 0 spiro atoms. The van der Waals surface area contributed by atoms with Crippen molar-refractivity contribution >= 4 is 5.97 Å². The Bertz CT molecular complexity index is 652. The lowest BCUT2D eigenvalue weighted by Gasteiger charge is -2.13. The van der Waals surface area contributed by atoms with Crippen LogP contribution in [-0.2, 0) is 9.53 Å². The summed E-state index contributed by atoms with van der Waals surface area (Å²) in [5, 5.41) is 6.94. The van der Waals surface area contributed by atoms with Crippen LogP contribution in [0.3, 0.4) is 0 Å². The van der Waals surface area contributed by atoms with E-state index in [2.05, 4.69) is 15.2 Å². The Morgan fingerprint density at radius 1 is 1.48 bits per heavy atom. The Balaban J connectivity index is 1.98. The smallest absolute Gasteiger partial charge is 0.321 e. The average molecular weight is 289 g/mol. The van der Waals surface area contributed by atoms with Gasteiger partial charge in [0.15, 0.2) is 5.82 Å². The van der Waals surface area contributed by atoms with Gasteiger partial charge in [0.25, 0.3) is 0 Å². The van der Waals surface area contributed by atoms with Crippen molar-refractivity contribution in [3.63, 3.8) is 0 Å². The minimum atomic E-state index is -0.935. The quantitative estimate of drug-likeness (QED) is 0.859. The number of hydrogen-bond acceptors (Lipinski definition) is 4. The van der Waals surface area contributed by atoms with Crippen LogP contribution in [0.4, 0.5) is 4.39 Å². The molecule has 1 aliphatic rings. The SMILES string of the molecule is CCOC(=O)C(c1n[nH]c(C2CC2)n1)c1ccccc1F. The van der Waals surface area contributed by atoms with Crippen LogP contribution in [0.2, 0.25) is 0 Å². The minimum Gasteiger partial charge on any atom is -0.465 e. The molecule has 1 N–H and O–H groups in total. The number of benzene rings is 1. The lowest BCUT2D eigenvalue weighted by Crippen LogP contribution is -2.19. The molecule has 0 radical (unpaired) electrons. The maximum Gasteiger partial charge on any atom is 0.321 e. The van der Waals surface area contributed by atoms with Gasteiger partial charge in [-0.1, -0.05) is 18.2 Å². The van der Waals surface area contributed by atoms with E-state index in [9.17, 15) is 9.18 Å². The predicted molar refractivity (Wildman–Crippen MR) is 73.2 cm³/mol. The normalized spacial score (nSPS) is 15.7. The molecular weight excluding hydrogens is 273 g/mol. The highest BCUT2D eigenvalue weighted by Crippen LogP contribution is 2.38. The van der Waals surface area contributed by atoms with Gasteiger partial charge in [0.2, 0.25) is 0 Å². The summed E-state index contributed by atoms with van der Waals surface area (Å²) in [6.07, 6.45) is 2.14. The van der Waals surface area contributed by atoms with Crippen molar-refractivity contribution in [3.05, 3.63) is 47.3 Å². The summed E-state index contributed by atoms with van der Waals surface area (Å²) in [7, 11) is 0. The number of aromatic nitrogens is 3. The summed E-state index contributed by atoms with van der Waals surface area (Å²) in [4.78, 5) is 16.6. The van der Waals surface area contributed by atoms with Gasteiger partial charge in [-0.05, 0) is 25.8 Å². The van der Waals surface area contributed by atoms with Gasteiger partial charge in [0, 0.05) is 11.5 Å². The van der Waals surface area contributed by atoms with Crippen LogP contribution in [-0.4, -0.2) is 27.8 Å². The number of carbonyl (C=O) groups excluding carboxylic acids is 1. The number of esters is 1. The second-order valence-electron chi connectivity index (χ2n) is 5.06. The molecule has 21 heavy (non-hydrogen) atoms. The van der Waals surface area contributed by atoms with Gasteiger partial charge < -0.3 is 4.74 Å². The first kappa shape index (κ1) is 13.7. The molecule has 0 saturated heterocycles. The largest absolute Gasteiger partial charge is 0.465 e. The summed E-state index contributed by atoms with van der Waals surface area (Å²) in [5.41, 5.74) is 0.234. The molecule has 1 aromatic carbocycles. The van der Waals surface area contributed by atoms with E-state index < -0.39 is 17.7 Å². The van der Waals surface area contributed by atoms with Crippen LogP contribution in [0.15, 0.2) is 24.3 Å². The number of hydrogen-bond donors (Lipinski definition) is 1. The van der Waals surface area contributed by atoms with Crippen molar-refractivity contribution < 1.29 is 13.9 Å². The van der Waals surface area contributed by atoms with Crippen LogP contribution in [0.1, 0.15) is 48.8 Å². The molecule has 1 saturated carbocycles. The molecule has 0 bridgehead atoms. The van der Waals surface area contributed by atoms with Gasteiger partial charge in [-0.2, -0.15) is 5.10 Å². The number of carbonyl (C=O) groups is 1. The minimum absolute atomic E-state index is 0.226. The van der Waals surface area contributed by atoms with Crippen LogP contribution < -0.4 is 0 Å². The Morgan fingerprint density at radius 2 is 2.24 bits per heavy atom. The summed E-state index contributed by atoms with van der Waals surface area (Å²) in [5.74, 6) is -0.530. The van der Waals surface area contributed by atoms with Gasteiger partial charge in [-0.3, -0.25) is 9.89 Å². The molecule has 1 atom stereocenters. The first-order valence-electron chi connectivity index (χ1n) is 7.04. The molecule has 2 aromatic rings. The predicted octanol–water partition coefficient (Wildman–Crippen LogP) is 2.52. The molecule has 0 aliphatic heterocycles. The van der Waals surface area contributed by atoms with Crippen LogP contribution >= 0.6 is 0 Å². The topological polar surface area (TPSA) is 67.9 Å². The van der Waals surface area contributed by atoms with Crippen molar-refractivity contribution in [2.75, 3.05) is 6.61 Å². The van der Waals surface area contributed by atoms with E-state index in [1.807, 2.05) is 0 Å². The lowest BCUT2D eigenvalue weighted by molar-refractivity contribution is -0.144. The fraction of sp³-hybridized carbons (Fsp3) is 0.400. The van der Waals surface area contributed by atoms with E-state index in [4.69, 9.17) is 4.74 Å². The van der Waals surface area contributed by atoms with E-state index >= 15 is 0 Å². The van der Waals surface area contributed by atoms with E-state index in [1.54, 1.807) is 25.1 Å². The second-order valence-corrected chi connectivity index (χ2v) is 5.06. The van der Waals surface area contributed by atoms with E-state index in [0.717, 1.165) is 18.7 Å². The standard InChI is InChI=1S/C15H16FN3O2/c1-2-21-15(20)12(10-5-3-4-6-11(10)16)14-17-13(18-19-14)9-7-8-9/h3-6,9,12H,2,7-8H2,1H3,(H,17,18,19). The summed E-state index contributed by atoms with van der Waals surface area (Å²) in [6.45, 7) is 1.94. The van der Waals surface area contributed by atoms with E-state index in [1.165, 1.54) is 6.07 Å². The number of rotatable bonds is 5. The van der Waals surface area contributed by atoms with Crippen LogP contribution in [0.5, 0.6) is 0 Å². The summed E-state index contributed by atoms with van der Waals surface area (Å²) in [6, 6.07) is 6.13. The number of aromatic amines is 1. The van der Waals surface area contributed by atoms with Crippen molar-refractivity contribution in [2.45, 2.75) is 31.6 Å². The fourth-order valence-electron chi connectivity index (χ4n) is 2.26. The van der Waals surface area contributed by atoms with Crippen LogP contribution in [0.25, 0.3) is 0 Å². The molecule has 1 heterocycles. The zero-order chi connectivity index (χ0) is 14.8. The Labute approximate surface area is 121 Å². The van der Waals surface area contributed by atoms with Gasteiger partial charge in [0.05, 0.1) is 6.61 Å². The third kappa shape index (κ3) is 2.79. The second kappa shape index (κ2) is 5.63. The van der Waals surface area contributed by atoms with Crippen molar-refractivity contribution in [2.24, 2.45) is 0 Å². The molecule has 1 aliphatic carbocycles. The Morgan fingerprint density at radius 3 is 2.90 bits per heavy atom. The molecule has 1 fully saturated rings. The van der Waals surface area contributed by atoms with E-state index in [-0.39, 0.29) is 18.0 Å². The molecular formula is C15H16FN3O2. The summed E-state index contributed by atoms with van der Waals surface area (Å²) >= 11 is 0. The average Bonchev–Trinajstić information content (AvgIpc) is 3.21. The zero-order valence-electron chi connectivity index (χ0n) is 11.7. The first-order valence-corrected chi connectivity index (χ1v) is 7.04. The molecule has 6 heteroatoms. The molecule has 0 amide bonds. The monoisotopic (exact) mass is 289 g/mol. The summed E-state index contributed by atoms with van der Waals surface area (Å²) < 4.78 is 19.1. The van der Waals surface area contributed by atoms with Gasteiger partial charge in [-0.25, -0.2) is 9.37 Å². The molecule has 1 unspecified atom stereocenters. The van der Waals surface area contributed by atoms with Crippen LogP contribution in [0, 0.1) is 5.82 Å². The van der Waals surface area contributed by atoms with E-state index in [0.29, 0.717) is 5.92 Å². The first-order chi connectivity index (χ1) is 10.2. The maximum absolute atomic E-state index is 14.0. The van der Waals surface area contributed by atoms with Crippen molar-refractivity contribution in [1.29, 1.82) is 0 Å². The van der Waals surface area contributed by atoms with Crippen molar-refractivity contribution in [1.82, 2.24) is 15.2 Å². The lowest BCUT2D eigenvalue weighted by atomic mass is 9.98. The van der Waals surface area contributed by atoms with Gasteiger partial charge >= 0.3 is 5.97 Å². The third-order valence-electron chi connectivity index (χ3n) is 3.48. The fourth-order valence-corrected chi connectivity index (χ4v) is 2.26.